The lowest BCUT2D eigenvalue weighted by atomic mass is 10.3. The highest BCUT2D eigenvalue weighted by Crippen LogP contribution is 2.28. The van der Waals surface area contributed by atoms with E-state index in [1.165, 1.54) is 7.05 Å². The molecule has 1 unspecified atom stereocenters. The maximum absolute atomic E-state index is 13.3. The molecule has 1 heterocycles. The van der Waals surface area contributed by atoms with E-state index in [1.807, 2.05) is 0 Å². The molecule has 3 N–H and O–H groups in total. The lowest BCUT2D eigenvalue weighted by molar-refractivity contribution is -0.152. The molecule has 7 nitrogen and oxygen atoms in total. The highest BCUT2D eigenvalue weighted by molar-refractivity contribution is 7.89. The van der Waals surface area contributed by atoms with Gasteiger partial charge < -0.3 is 9.88 Å². The molecule has 0 fully saturated rings. The lowest BCUT2D eigenvalue weighted by Gasteiger charge is -2.17. The van der Waals surface area contributed by atoms with Crippen LogP contribution in [0.15, 0.2) is 29.3 Å². The van der Waals surface area contributed by atoms with Crippen LogP contribution < -0.4 is 15.6 Å². The summed E-state index contributed by atoms with van der Waals surface area (Å²) in [5, 5.41) is 1.63. The van der Waals surface area contributed by atoms with E-state index in [-0.39, 0.29) is 11.4 Å². The Morgan fingerprint density at radius 3 is 2.38 bits per heavy atom. The minimum Gasteiger partial charge on any atom is -0.344 e. The number of aromatic nitrogens is 1. The van der Waals surface area contributed by atoms with Crippen molar-refractivity contribution >= 4 is 33.2 Å². The molecule has 1 aromatic heterocycles. The van der Waals surface area contributed by atoms with Crippen molar-refractivity contribution in [3.05, 3.63) is 46.7 Å². The summed E-state index contributed by atoms with van der Waals surface area (Å²) in [6, 6.07) is 0.335. The number of carbonyl (C=O) groups is 1. The fourth-order valence-corrected chi connectivity index (χ4v) is 3.73. The zero-order valence-corrected chi connectivity index (χ0v) is 16.3. The largest absolute Gasteiger partial charge is 0.404 e. The third-order valence-electron chi connectivity index (χ3n) is 3.67. The molecule has 29 heavy (non-hydrogen) atoms. The predicted octanol–water partition coefficient (Wildman–Crippen LogP) is 2.94. The fourth-order valence-electron chi connectivity index (χ4n) is 2.08. The number of aryl methyl sites for hydroxylation is 1. The summed E-state index contributed by atoms with van der Waals surface area (Å²) in [4.78, 5) is 13.3. The molecule has 0 aliphatic rings. The molecule has 0 aliphatic carbocycles. The van der Waals surface area contributed by atoms with Gasteiger partial charge in [-0.05, 0) is 19.1 Å². The van der Waals surface area contributed by atoms with E-state index in [2.05, 4.69) is 5.32 Å². The van der Waals surface area contributed by atoms with Crippen molar-refractivity contribution in [2.75, 3.05) is 5.32 Å². The van der Waals surface area contributed by atoms with Crippen molar-refractivity contribution in [3.8, 4) is 0 Å². The van der Waals surface area contributed by atoms with Crippen LogP contribution in [0, 0.1) is 11.6 Å². The first-order chi connectivity index (χ1) is 13.2. The van der Waals surface area contributed by atoms with Gasteiger partial charge in [-0.2, -0.15) is 13.2 Å². The molecule has 14 heteroatoms. The van der Waals surface area contributed by atoms with Gasteiger partial charge >= 0.3 is 6.18 Å². The number of sulfonamides is 1. The Morgan fingerprint density at radius 2 is 1.83 bits per heavy atom. The number of hydrazine groups is 1. The number of nitrogens with one attached hydrogen (secondary N) is 3. The third-order valence-corrected chi connectivity index (χ3v) is 5.44. The Morgan fingerprint density at radius 1 is 1.21 bits per heavy atom. The van der Waals surface area contributed by atoms with Gasteiger partial charge in [0.2, 0.25) is 0 Å². The molecular weight excluding hydrogens is 447 g/mol. The molecule has 1 atom stereocenters. The molecule has 0 saturated heterocycles. The number of hydrogen-bond acceptors (Lipinski definition) is 4. The van der Waals surface area contributed by atoms with Crippen LogP contribution in [-0.2, 0) is 17.1 Å². The van der Waals surface area contributed by atoms with Gasteiger partial charge in [0.05, 0.1) is 5.02 Å². The Bertz CT molecular complexity index is 1040. The summed E-state index contributed by atoms with van der Waals surface area (Å²) in [6.45, 7) is 0.690. The Hall–Kier alpha value is -2.22. The maximum atomic E-state index is 13.3. The summed E-state index contributed by atoms with van der Waals surface area (Å²) < 4.78 is 89.3. The molecule has 0 aliphatic heterocycles. The van der Waals surface area contributed by atoms with Gasteiger partial charge in [0, 0.05) is 25.0 Å². The first-order valence-electron chi connectivity index (χ1n) is 7.69. The highest BCUT2D eigenvalue weighted by Gasteiger charge is 2.37. The van der Waals surface area contributed by atoms with Crippen molar-refractivity contribution in [3.63, 3.8) is 0 Å². The van der Waals surface area contributed by atoms with Crippen LogP contribution in [-0.4, -0.2) is 31.1 Å². The average molecular weight is 461 g/mol. The van der Waals surface area contributed by atoms with Crippen molar-refractivity contribution in [1.82, 2.24) is 14.8 Å². The molecule has 0 radical (unpaired) electrons. The Labute approximate surface area is 166 Å². The average Bonchev–Trinajstić information content (AvgIpc) is 2.90. The number of alkyl halides is 3. The second-order valence-corrected chi connectivity index (χ2v) is 7.89. The summed E-state index contributed by atoms with van der Waals surface area (Å²) >= 11 is 5.95. The van der Waals surface area contributed by atoms with Crippen LogP contribution in [0.4, 0.5) is 27.6 Å². The van der Waals surface area contributed by atoms with E-state index in [9.17, 15) is 35.2 Å². The number of rotatable bonds is 6. The monoisotopic (exact) mass is 460 g/mol. The van der Waals surface area contributed by atoms with Crippen LogP contribution in [0.5, 0.6) is 0 Å². The SMILES string of the molecule is CC(NNS(=O)(=O)c1cn(C)c(C(=O)Nc2ccc(F)c(F)c2)c1Cl)C(F)(F)F. The van der Waals surface area contributed by atoms with Gasteiger partial charge in [-0.3, -0.25) is 4.79 Å². The summed E-state index contributed by atoms with van der Waals surface area (Å²) in [6.07, 6.45) is -3.80. The van der Waals surface area contributed by atoms with E-state index >= 15 is 0 Å². The van der Waals surface area contributed by atoms with Crippen molar-refractivity contribution in [2.45, 2.75) is 24.0 Å². The summed E-state index contributed by atoms with van der Waals surface area (Å²) in [5.41, 5.74) is 1.08. The first-order valence-corrected chi connectivity index (χ1v) is 9.55. The molecule has 2 rings (SSSR count). The standard InChI is InChI=1S/C15H14ClF5N4O3S/c1-7(15(19,20)21)23-24-29(27,28)11-6-25(2)13(12(11)16)14(26)22-8-3-4-9(17)10(18)5-8/h3-7,23-24H,1-2H3,(H,22,26). The lowest BCUT2D eigenvalue weighted by Crippen LogP contribution is -2.49. The molecular formula is C15H14ClF5N4O3S. The number of carbonyl (C=O) groups excluding carboxylic acids is 1. The van der Waals surface area contributed by atoms with Gasteiger partial charge in [-0.1, -0.05) is 11.6 Å². The molecule has 0 spiro atoms. The molecule has 160 valence electrons. The van der Waals surface area contributed by atoms with Gasteiger partial charge in [-0.15, -0.1) is 4.83 Å². The molecule has 1 aromatic carbocycles. The van der Waals surface area contributed by atoms with E-state index in [0.717, 1.165) is 22.9 Å². The fraction of sp³-hybridized carbons (Fsp3) is 0.267. The summed E-state index contributed by atoms with van der Waals surface area (Å²) in [5.74, 6) is -3.32. The van der Waals surface area contributed by atoms with E-state index < -0.39 is 49.7 Å². The predicted molar refractivity (Wildman–Crippen MR) is 93.7 cm³/mol. The van der Waals surface area contributed by atoms with Crippen LogP contribution in [0.2, 0.25) is 5.02 Å². The van der Waals surface area contributed by atoms with Crippen LogP contribution in [0.1, 0.15) is 17.4 Å². The van der Waals surface area contributed by atoms with E-state index in [4.69, 9.17) is 11.6 Å². The smallest absolute Gasteiger partial charge is 0.344 e. The number of halogens is 6. The molecule has 1 amide bonds. The zero-order chi connectivity index (χ0) is 22.1. The second kappa shape index (κ2) is 8.26. The normalized spacial score (nSPS) is 13.4. The minimum atomic E-state index is -4.71. The number of hydrogen-bond donors (Lipinski definition) is 3. The quantitative estimate of drug-likeness (QED) is 0.456. The highest BCUT2D eigenvalue weighted by atomic mass is 35.5. The van der Waals surface area contributed by atoms with Crippen molar-refractivity contribution in [2.24, 2.45) is 7.05 Å². The number of benzene rings is 1. The number of anilines is 1. The van der Waals surface area contributed by atoms with Crippen molar-refractivity contribution < 1.29 is 35.2 Å². The Kier molecular flexibility index (Phi) is 6.57. The van der Waals surface area contributed by atoms with Gasteiger partial charge in [0.1, 0.15) is 16.6 Å². The Balaban J connectivity index is 2.26. The second-order valence-electron chi connectivity index (χ2n) is 5.86. The molecule has 0 bridgehead atoms. The third kappa shape index (κ3) is 5.23. The zero-order valence-electron chi connectivity index (χ0n) is 14.7. The van der Waals surface area contributed by atoms with Gasteiger partial charge in [0.25, 0.3) is 15.9 Å². The van der Waals surface area contributed by atoms with Gasteiger partial charge in [0.15, 0.2) is 11.6 Å². The van der Waals surface area contributed by atoms with E-state index in [1.54, 1.807) is 10.3 Å². The van der Waals surface area contributed by atoms with Crippen LogP contribution >= 0.6 is 11.6 Å². The number of amides is 1. The van der Waals surface area contributed by atoms with E-state index in [0.29, 0.717) is 13.0 Å². The van der Waals surface area contributed by atoms with Crippen molar-refractivity contribution in [1.29, 1.82) is 0 Å². The number of nitrogens with zero attached hydrogens (tertiary/aromatic N) is 1. The maximum Gasteiger partial charge on any atom is 0.404 e. The summed E-state index contributed by atoms with van der Waals surface area (Å²) in [7, 11) is -3.31. The van der Waals surface area contributed by atoms with Gasteiger partial charge in [-0.25, -0.2) is 22.6 Å². The molecule has 0 saturated carbocycles. The topological polar surface area (TPSA) is 92.2 Å². The minimum absolute atomic E-state index is 0.130. The molecule has 2 aromatic rings. The van der Waals surface area contributed by atoms with Crippen LogP contribution in [0.3, 0.4) is 0 Å². The first kappa shape index (κ1) is 23.1. The van der Waals surface area contributed by atoms with Crippen LogP contribution in [0.25, 0.3) is 0 Å².